The van der Waals surface area contributed by atoms with Gasteiger partial charge in [-0.15, -0.1) is 0 Å². The lowest BCUT2D eigenvalue weighted by Gasteiger charge is -2.33. The van der Waals surface area contributed by atoms with Crippen LogP contribution in [0.1, 0.15) is 30.4 Å². The van der Waals surface area contributed by atoms with E-state index in [1.165, 1.54) is 0 Å². The van der Waals surface area contributed by atoms with E-state index in [4.69, 9.17) is 0 Å². The highest BCUT2D eigenvalue weighted by Gasteiger charge is 2.36. The lowest BCUT2D eigenvalue weighted by molar-refractivity contribution is -0.144. The van der Waals surface area contributed by atoms with Gasteiger partial charge in [0.25, 0.3) is 5.91 Å². The SMILES string of the molecule is CC(C)n1cc(Br)cc1C(=O)N1CC(=O)NCC1C(=O)O. The second-order valence-electron chi connectivity index (χ2n) is 5.14. The molecule has 21 heavy (non-hydrogen) atoms. The fourth-order valence-electron chi connectivity index (χ4n) is 2.27. The lowest BCUT2D eigenvalue weighted by Crippen LogP contribution is -2.59. The fraction of sp³-hybridized carbons (Fsp3) is 0.462. The molecule has 1 saturated heterocycles. The third-order valence-electron chi connectivity index (χ3n) is 3.32. The number of piperazine rings is 1. The maximum atomic E-state index is 12.6. The molecule has 1 aromatic rings. The van der Waals surface area contributed by atoms with Crippen LogP contribution in [0.5, 0.6) is 0 Å². The van der Waals surface area contributed by atoms with Crippen LogP contribution < -0.4 is 5.32 Å². The van der Waals surface area contributed by atoms with Crippen molar-refractivity contribution in [2.75, 3.05) is 13.1 Å². The molecule has 8 heteroatoms. The Morgan fingerprint density at radius 2 is 2.14 bits per heavy atom. The normalized spacial score (nSPS) is 18.8. The summed E-state index contributed by atoms with van der Waals surface area (Å²) in [7, 11) is 0. The van der Waals surface area contributed by atoms with Crippen LogP contribution in [-0.2, 0) is 9.59 Å². The van der Waals surface area contributed by atoms with Gasteiger partial charge in [-0.05, 0) is 35.8 Å². The zero-order chi connectivity index (χ0) is 15.7. The van der Waals surface area contributed by atoms with Gasteiger partial charge in [-0.3, -0.25) is 9.59 Å². The van der Waals surface area contributed by atoms with Crippen LogP contribution in [0.3, 0.4) is 0 Å². The molecule has 0 radical (unpaired) electrons. The zero-order valence-electron chi connectivity index (χ0n) is 11.7. The molecule has 2 heterocycles. The number of hydrogen-bond donors (Lipinski definition) is 2. The standard InChI is InChI=1S/C13H16BrN3O4/c1-7(2)16-5-8(14)3-9(16)12(19)17-6-11(18)15-4-10(17)13(20)21/h3,5,7,10H,4,6H2,1-2H3,(H,15,18)(H,20,21). The molecule has 0 aliphatic carbocycles. The molecular weight excluding hydrogens is 342 g/mol. The van der Waals surface area contributed by atoms with Crippen molar-refractivity contribution in [3.63, 3.8) is 0 Å². The quantitative estimate of drug-likeness (QED) is 0.838. The van der Waals surface area contributed by atoms with E-state index in [0.717, 1.165) is 9.37 Å². The molecule has 1 unspecified atom stereocenters. The van der Waals surface area contributed by atoms with Crippen LogP contribution in [-0.4, -0.2) is 51.5 Å². The number of halogens is 1. The summed E-state index contributed by atoms with van der Waals surface area (Å²) < 4.78 is 2.48. The second kappa shape index (κ2) is 5.88. The molecule has 2 rings (SSSR count). The van der Waals surface area contributed by atoms with E-state index in [0.29, 0.717) is 5.69 Å². The summed E-state index contributed by atoms with van der Waals surface area (Å²) in [5.41, 5.74) is 0.359. The molecule has 1 aromatic heterocycles. The summed E-state index contributed by atoms with van der Waals surface area (Å²) in [6, 6.07) is 0.620. The third kappa shape index (κ3) is 3.10. The van der Waals surface area contributed by atoms with Crippen molar-refractivity contribution in [3.05, 3.63) is 22.4 Å². The summed E-state index contributed by atoms with van der Waals surface area (Å²) in [6.07, 6.45) is 1.76. The van der Waals surface area contributed by atoms with Crippen molar-refractivity contribution in [1.29, 1.82) is 0 Å². The lowest BCUT2D eigenvalue weighted by atomic mass is 10.1. The summed E-state index contributed by atoms with van der Waals surface area (Å²) in [5, 5.41) is 11.7. The molecule has 0 bridgehead atoms. The number of rotatable bonds is 3. The van der Waals surface area contributed by atoms with Gasteiger partial charge >= 0.3 is 5.97 Å². The molecule has 7 nitrogen and oxygen atoms in total. The number of aromatic nitrogens is 1. The van der Waals surface area contributed by atoms with Crippen LogP contribution in [0.25, 0.3) is 0 Å². The van der Waals surface area contributed by atoms with Gasteiger partial charge in [-0.25, -0.2) is 4.79 Å². The Balaban J connectivity index is 2.37. The van der Waals surface area contributed by atoms with Crippen LogP contribution in [0.2, 0.25) is 0 Å². The first-order valence-corrected chi connectivity index (χ1v) is 7.28. The maximum Gasteiger partial charge on any atom is 0.328 e. The van der Waals surface area contributed by atoms with E-state index in [2.05, 4.69) is 21.2 Å². The van der Waals surface area contributed by atoms with Gasteiger partial charge in [0.2, 0.25) is 5.91 Å². The molecule has 1 atom stereocenters. The van der Waals surface area contributed by atoms with E-state index < -0.39 is 17.9 Å². The minimum atomic E-state index is -1.13. The first-order valence-electron chi connectivity index (χ1n) is 6.49. The number of carboxylic acids is 1. The highest BCUT2D eigenvalue weighted by molar-refractivity contribution is 9.10. The number of carbonyl (C=O) groups is 3. The molecule has 114 valence electrons. The number of carboxylic acid groups (broad SMARTS) is 1. The van der Waals surface area contributed by atoms with Gasteiger partial charge in [0, 0.05) is 23.3 Å². The van der Waals surface area contributed by atoms with Gasteiger partial charge in [-0.2, -0.15) is 0 Å². The molecule has 1 aliphatic heterocycles. The topological polar surface area (TPSA) is 91.6 Å². The largest absolute Gasteiger partial charge is 0.480 e. The monoisotopic (exact) mass is 357 g/mol. The minimum Gasteiger partial charge on any atom is -0.480 e. The van der Waals surface area contributed by atoms with Gasteiger partial charge in [0.1, 0.15) is 18.3 Å². The predicted molar refractivity (Wildman–Crippen MR) is 78.0 cm³/mol. The Hall–Kier alpha value is -1.83. The molecule has 1 aliphatic rings. The van der Waals surface area contributed by atoms with Crippen molar-refractivity contribution in [3.8, 4) is 0 Å². The average molecular weight is 358 g/mol. The van der Waals surface area contributed by atoms with Crippen molar-refractivity contribution >= 4 is 33.7 Å². The third-order valence-corrected chi connectivity index (χ3v) is 3.75. The number of nitrogens with zero attached hydrogens (tertiary/aromatic N) is 2. The molecule has 0 saturated carbocycles. The summed E-state index contributed by atoms with van der Waals surface area (Å²) in [6.45, 7) is 3.50. The van der Waals surface area contributed by atoms with Gasteiger partial charge in [0.05, 0.1) is 0 Å². The van der Waals surface area contributed by atoms with Crippen molar-refractivity contribution in [1.82, 2.24) is 14.8 Å². The Kier molecular flexibility index (Phi) is 4.36. The van der Waals surface area contributed by atoms with Crippen LogP contribution in [0.15, 0.2) is 16.7 Å². The smallest absolute Gasteiger partial charge is 0.328 e. The second-order valence-corrected chi connectivity index (χ2v) is 6.05. The van der Waals surface area contributed by atoms with Gasteiger partial charge < -0.3 is 19.9 Å². The minimum absolute atomic E-state index is 0.0390. The highest BCUT2D eigenvalue weighted by atomic mass is 79.9. The molecular formula is C13H16BrN3O4. The van der Waals surface area contributed by atoms with Crippen LogP contribution >= 0.6 is 15.9 Å². The molecule has 2 N–H and O–H groups in total. The first kappa shape index (κ1) is 15.6. The fourth-order valence-corrected chi connectivity index (χ4v) is 2.70. The molecule has 0 aromatic carbocycles. The maximum absolute atomic E-state index is 12.6. The molecule has 1 fully saturated rings. The molecule has 0 spiro atoms. The van der Waals surface area contributed by atoms with Crippen molar-refractivity contribution in [2.24, 2.45) is 0 Å². The van der Waals surface area contributed by atoms with Crippen molar-refractivity contribution in [2.45, 2.75) is 25.9 Å². The summed E-state index contributed by atoms with van der Waals surface area (Å²) >= 11 is 3.31. The number of aliphatic carboxylic acids is 1. The Morgan fingerprint density at radius 1 is 1.48 bits per heavy atom. The number of hydrogen-bond acceptors (Lipinski definition) is 3. The predicted octanol–water partition coefficient (Wildman–Crippen LogP) is 0.857. The van der Waals surface area contributed by atoms with E-state index in [9.17, 15) is 19.5 Å². The van der Waals surface area contributed by atoms with Crippen LogP contribution in [0, 0.1) is 0 Å². The summed E-state index contributed by atoms with van der Waals surface area (Å²) in [5.74, 6) is -1.95. The number of nitrogens with one attached hydrogen (secondary N) is 1. The Morgan fingerprint density at radius 3 is 2.71 bits per heavy atom. The summed E-state index contributed by atoms with van der Waals surface area (Å²) in [4.78, 5) is 36.5. The van der Waals surface area contributed by atoms with E-state index >= 15 is 0 Å². The van der Waals surface area contributed by atoms with E-state index in [1.807, 2.05) is 13.8 Å². The molecule has 2 amide bonds. The number of amides is 2. The zero-order valence-corrected chi connectivity index (χ0v) is 13.3. The average Bonchev–Trinajstić information content (AvgIpc) is 2.79. The van der Waals surface area contributed by atoms with Gasteiger partial charge in [0.15, 0.2) is 0 Å². The van der Waals surface area contributed by atoms with Crippen LogP contribution in [0.4, 0.5) is 0 Å². The Bertz CT molecular complexity index is 596. The van der Waals surface area contributed by atoms with Gasteiger partial charge in [-0.1, -0.05) is 0 Å². The van der Waals surface area contributed by atoms with Crippen molar-refractivity contribution < 1.29 is 19.5 Å². The highest BCUT2D eigenvalue weighted by Crippen LogP contribution is 2.22. The van der Waals surface area contributed by atoms with E-state index in [-0.39, 0.29) is 25.0 Å². The van der Waals surface area contributed by atoms with E-state index in [1.54, 1.807) is 16.8 Å². The Labute approximate surface area is 130 Å². The number of carbonyl (C=O) groups excluding carboxylic acids is 2. The first-order chi connectivity index (χ1) is 9.81.